The lowest BCUT2D eigenvalue weighted by Crippen LogP contribution is -2.12. The lowest BCUT2D eigenvalue weighted by atomic mass is 10.1. The molecule has 0 atom stereocenters. The third-order valence-corrected chi connectivity index (χ3v) is 3.50. The van der Waals surface area contributed by atoms with Crippen LogP contribution in [-0.4, -0.2) is 16.8 Å². The van der Waals surface area contributed by atoms with E-state index in [9.17, 15) is 4.79 Å². The van der Waals surface area contributed by atoms with Crippen molar-refractivity contribution in [3.8, 4) is 11.5 Å². The number of hydrogen-bond acceptors (Lipinski definition) is 4. The van der Waals surface area contributed by atoms with Gasteiger partial charge in [-0.1, -0.05) is 24.3 Å². The number of benzene rings is 2. The summed E-state index contributed by atoms with van der Waals surface area (Å²) in [5, 5.41) is 0.596. The summed E-state index contributed by atoms with van der Waals surface area (Å²) < 4.78 is 10.8. The molecule has 0 radical (unpaired) electrons. The number of fused-ring (bicyclic) bond motifs is 2. The van der Waals surface area contributed by atoms with Crippen LogP contribution >= 0.6 is 0 Å². The number of ether oxygens (including phenoxy) is 2. The quantitative estimate of drug-likeness (QED) is 0.782. The number of nitrogens with zero attached hydrogens (tertiary/aromatic N) is 1. The topological polar surface area (TPSA) is 64.2 Å². The van der Waals surface area contributed by atoms with Crippen LogP contribution < -0.4 is 15.0 Å². The maximum atomic E-state index is 12.1. The van der Waals surface area contributed by atoms with Gasteiger partial charge in [0, 0.05) is 12.0 Å². The molecule has 5 heteroatoms. The van der Waals surface area contributed by atoms with Crippen molar-refractivity contribution >= 4 is 10.9 Å². The molecular weight excluding hydrogens is 268 g/mol. The molecule has 0 saturated heterocycles. The van der Waals surface area contributed by atoms with Crippen LogP contribution in [0.2, 0.25) is 0 Å². The second kappa shape index (κ2) is 4.63. The van der Waals surface area contributed by atoms with Gasteiger partial charge in [0.05, 0.1) is 10.9 Å². The zero-order chi connectivity index (χ0) is 14.2. The molecule has 1 aliphatic heterocycles. The van der Waals surface area contributed by atoms with E-state index in [0.717, 1.165) is 17.1 Å². The molecule has 0 aliphatic carbocycles. The van der Waals surface area contributed by atoms with E-state index in [4.69, 9.17) is 9.47 Å². The van der Waals surface area contributed by atoms with Gasteiger partial charge in [-0.05, 0) is 18.2 Å². The first-order valence-corrected chi connectivity index (χ1v) is 6.67. The van der Waals surface area contributed by atoms with Crippen molar-refractivity contribution in [2.24, 2.45) is 0 Å². The van der Waals surface area contributed by atoms with Crippen molar-refractivity contribution in [1.82, 2.24) is 9.97 Å². The Morgan fingerprint density at radius 3 is 2.95 bits per heavy atom. The average Bonchev–Trinajstić information content (AvgIpc) is 2.97. The van der Waals surface area contributed by atoms with E-state index >= 15 is 0 Å². The summed E-state index contributed by atoms with van der Waals surface area (Å²) in [5.41, 5.74) is 1.52. The summed E-state index contributed by atoms with van der Waals surface area (Å²) in [6, 6.07) is 13.0. The van der Waals surface area contributed by atoms with Crippen molar-refractivity contribution in [2.45, 2.75) is 6.42 Å². The minimum absolute atomic E-state index is 0.125. The summed E-state index contributed by atoms with van der Waals surface area (Å²) in [6.07, 6.45) is 0.493. The van der Waals surface area contributed by atoms with Gasteiger partial charge >= 0.3 is 0 Å². The van der Waals surface area contributed by atoms with Gasteiger partial charge < -0.3 is 14.5 Å². The molecule has 0 amide bonds. The molecule has 0 saturated carbocycles. The zero-order valence-electron chi connectivity index (χ0n) is 11.1. The number of aromatic nitrogens is 2. The van der Waals surface area contributed by atoms with Crippen LogP contribution in [0.25, 0.3) is 10.9 Å². The number of aromatic amines is 1. The predicted molar refractivity (Wildman–Crippen MR) is 77.7 cm³/mol. The molecule has 0 unspecified atom stereocenters. The molecule has 21 heavy (non-hydrogen) atoms. The van der Waals surface area contributed by atoms with Crippen molar-refractivity contribution in [2.75, 3.05) is 6.79 Å². The molecule has 1 N–H and O–H groups in total. The fourth-order valence-corrected chi connectivity index (χ4v) is 2.53. The van der Waals surface area contributed by atoms with Crippen molar-refractivity contribution < 1.29 is 9.47 Å². The molecule has 1 aliphatic rings. The Labute approximate surface area is 120 Å². The van der Waals surface area contributed by atoms with Gasteiger partial charge in [0.2, 0.25) is 6.79 Å². The molecule has 0 bridgehead atoms. The molecule has 1 aromatic heterocycles. The van der Waals surface area contributed by atoms with Gasteiger partial charge in [-0.2, -0.15) is 0 Å². The Bertz CT molecular complexity index is 886. The Hall–Kier alpha value is -2.82. The molecular formula is C16H12N2O3. The number of rotatable bonds is 2. The summed E-state index contributed by atoms with van der Waals surface area (Å²) >= 11 is 0. The highest BCUT2D eigenvalue weighted by Gasteiger charge is 2.18. The van der Waals surface area contributed by atoms with E-state index < -0.39 is 0 Å². The van der Waals surface area contributed by atoms with Gasteiger partial charge in [-0.25, -0.2) is 4.98 Å². The molecule has 0 spiro atoms. The monoisotopic (exact) mass is 280 g/mol. The van der Waals surface area contributed by atoms with E-state index in [2.05, 4.69) is 9.97 Å². The summed E-state index contributed by atoms with van der Waals surface area (Å²) in [7, 11) is 0. The number of H-pyrrole nitrogens is 1. The lowest BCUT2D eigenvalue weighted by Gasteiger charge is -2.06. The second-order valence-electron chi connectivity index (χ2n) is 4.86. The smallest absolute Gasteiger partial charge is 0.258 e. The maximum Gasteiger partial charge on any atom is 0.258 e. The number of hydrogen-bond donors (Lipinski definition) is 1. The van der Waals surface area contributed by atoms with Crippen molar-refractivity contribution in [3.05, 3.63) is 64.2 Å². The average molecular weight is 280 g/mol. The molecule has 2 aromatic carbocycles. The molecule has 5 nitrogen and oxygen atoms in total. The summed E-state index contributed by atoms with van der Waals surface area (Å²) in [4.78, 5) is 19.4. The Kier molecular flexibility index (Phi) is 2.64. The van der Waals surface area contributed by atoms with Crippen molar-refractivity contribution in [3.63, 3.8) is 0 Å². The SMILES string of the molecule is O=c1[nH]c(Cc2cccc3c2OCO3)nc2ccccc12. The maximum absolute atomic E-state index is 12.1. The molecule has 2 heterocycles. The van der Waals surface area contributed by atoms with Crippen LogP contribution in [0, 0.1) is 0 Å². The van der Waals surface area contributed by atoms with Crippen LogP contribution in [0.1, 0.15) is 11.4 Å². The Morgan fingerprint density at radius 1 is 1.10 bits per heavy atom. The van der Waals surface area contributed by atoms with E-state index in [1.54, 1.807) is 6.07 Å². The Balaban J connectivity index is 1.79. The lowest BCUT2D eigenvalue weighted by molar-refractivity contribution is 0.173. The first-order valence-electron chi connectivity index (χ1n) is 6.67. The van der Waals surface area contributed by atoms with Crippen LogP contribution in [0.15, 0.2) is 47.3 Å². The number of nitrogens with one attached hydrogen (secondary N) is 1. The van der Waals surface area contributed by atoms with E-state index in [1.165, 1.54) is 0 Å². The Morgan fingerprint density at radius 2 is 2.00 bits per heavy atom. The first kappa shape index (κ1) is 12.0. The van der Waals surface area contributed by atoms with Crippen LogP contribution in [0.5, 0.6) is 11.5 Å². The first-order chi connectivity index (χ1) is 10.3. The third-order valence-electron chi connectivity index (χ3n) is 3.50. The van der Waals surface area contributed by atoms with Gasteiger partial charge in [0.25, 0.3) is 5.56 Å². The largest absolute Gasteiger partial charge is 0.454 e. The van der Waals surface area contributed by atoms with Crippen LogP contribution in [0.4, 0.5) is 0 Å². The molecule has 3 aromatic rings. The predicted octanol–water partition coefficient (Wildman–Crippen LogP) is 2.24. The minimum Gasteiger partial charge on any atom is -0.454 e. The van der Waals surface area contributed by atoms with Gasteiger partial charge in [0.15, 0.2) is 11.5 Å². The fourth-order valence-electron chi connectivity index (χ4n) is 2.53. The third kappa shape index (κ3) is 2.03. The van der Waals surface area contributed by atoms with Gasteiger partial charge in [-0.15, -0.1) is 0 Å². The highest BCUT2D eigenvalue weighted by molar-refractivity contribution is 5.77. The van der Waals surface area contributed by atoms with Gasteiger partial charge in [0.1, 0.15) is 5.82 Å². The highest BCUT2D eigenvalue weighted by Crippen LogP contribution is 2.36. The fraction of sp³-hybridized carbons (Fsp3) is 0.125. The van der Waals surface area contributed by atoms with Crippen molar-refractivity contribution in [1.29, 1.82) is 0 Å². The normalized spacial score (nSPS) is 12.8. The van der Waals surface area contributed by atoms with E-state index in [0.29, 0.717) is 23.1 Å². The molecule has 4 rings (SSSR count). The molecule has 104 valence electrons. The summed E-state index contributed by atoms with van der Waals surface area (Å²) in [6.45, 7) is 0.230. The van der Waals surface area contributed by atoms with E-state index in [-0.39, 0.29) is 12.4 Å². The highest BCUT2D eigenvalue weighted by atomic mass is 16.7. The number of para-hydroxylation sites is 2. The zero-order valence-corrected chi connectivity index (χ0v) is 11.1. The standard InChI is InChI=1S/C16H12N2O3/c19-16-11-5-1-2-6-12(11)17-14(18-16)8-10-4-3-7-13-15(10)21-9-20-13/h1-7H,8-9H2,(H,17,18,19). The van der Waals surface area contributed by atoms with Crippen LogP contribution in [0.3, 0.4) is 0 Å². The molecule has 0 fully saturated rings. The van der Waals surface area contributed by atoms with Crippen LogP contribution in [-0.2, 0) is 6.42 Å². The second-order valence-corrected chi connectivity index (χ2v) is 4.86. The van der Waals surface area contributed by atoms with E-state index in [1.807, 2.05) is 36.4 Å². The summed E-state index contributed by atoms with van der Waals surface area (Å²) in [5.74, 6) is 2.08. The minimum atomic E-state index is -0.125. The van der Waals surface area contributed by atoms with Gasteiger partial charge in [-0.3, -0.25) is 4.79 Å².